The molecular weight excluding hydrogens is 344 g/mol. The summed E-state index contributed by atoms with van der Waals surface area (Å²) in [5.74, 6) is 0.310. The van der Waals surface area contributed by atoms with Gasteiger partial charge in [0.25, 0.3) is 5.91 Å². The summed E-state index contributed by atoms with van der Waals surface area (Å²) in [4.78, 5) is 12.5. The molecule has 5 heteroatoms. The summed E-state index contributed by atoms with van der Waals surface area (Å²) in [5, 5.41) is 6.50. The first-order valence-corrected chi connectivity index (χ1v) is 10.9. The third-order valence-corrected chi connectivity index (χ3v) is 5.42. The van der Waals surface area contributed by atoms with E-state index in [4.69, 9.17) is 0 Å². The van der Waals surface area contributed by atoms with Crippen molar-refractivity contribution < 1.29 is 9.00 Å². The molecule has 0 aliphatic heterocycles. The van der Waals surface area contributed by atoms with Gasteiger partial charge in [-0.05, 0) is 54.8 Å². The Morgan fingerprint density at radius 1 is 1.04 bits per heavy atom. The molecule has 0 spiro atoms. The van der Waals surface area contributed by atoms with E-state index in [1.807, 2.05) is 36.4 Å². The van der Waals surface area contributed by atoms with E-state index < -0.39 is 10.8 Å². The Labute approximate surface area is 157 Å². The lowest BCUT2D eigenvalue weighted by Gasteiger charge is -2.23. The van der Waals surface area contributed by atoms with Crippen LogP contribution in [0.2, 0.25) is 0 Å². The molecule has 4 nitrogen and oxygen atoms in total. The van der Waals surface area contributed by atoms with Gasteiger partial charge in [0.1, 0.15) is 0 Å². The van der Waals surface area contributed by atoms with Crippen molar-refractivity contribution in [1.29, 1.82) is 0 Å². The van der Waals surface area contributed by atoms with Gasteiger partial charge in [-0.1, -0.05) is 31.4 Å². The average Bonchev–Trinajstić information content (AvgIpc) is 2.64. The quantitative estimate of drug-likeness (QED) is 0.783. The van der Waals surface area contributed by atoms with E-state index in [9.17, 15) is 9.00 Å². The molecule has 3 rings (SSSR count). The van der Waals surface area contributed by atoms with Crippen LogP contribution in [0.5, 0.6) is 0 Å². The van der Waals surface area contributed by atoms with Crippen molar-refractivity contribution in [2.75, 3.05) is 16.9 Å². The molecule has 138 valence electrons. The molecule has 2 aromatic rings. The van der Waals surface area contributed by atoms with E-state index in [2.05, 4.69) is 10.6 Å². The maximum Gasteiger partial charge on any atom is 0.255 e. The molecule has 2 aromatic carbocycles. The number of hydrogen-bond acceptors (Lipinski definition) is 3. The highest BCUT2D eigenvalue weighted by atomic mass is 32.2. The monoisotopic (exact) mass is 370 g/mol. The van der Waals surface area contributed by atoms with E-state index in [0.29, 0.717) is 17.4 Å². The van der Waals surface area contributed by atoms with Crippen LogP contribution in [0.15, 0.2) is 48.5 Å². The van der Waals surface area contributed by atoms with Gasteiger partial charge in [-0.2, -0.15) is 0 Å². The summed E-state index contributed by atoms with van der Waals surface area (Å²) in [6.45, 7) is 0. The van der Waals surface area contributed by atoms with Gasteiger partial charge in [-0.25, -0.2) is 0 Å². The molecule has 0 radical (unpaired) electrons. The number of carbonyl (C=O) groups excluding carboxylic acids is 1. The van der Waals surface area contributed by atoms with Crippen molar-refractivity contribution in [1.82, 2.24) is 0 Å². The van der Waals surface area contributed by atoms with Gasteiger partial charge in [0.2, 0.25) is 0 Å². The topological polar surface area (TPSA) is 58.2 Å². The highest BCUT2D eigenvalue weighted by Gasteiger charge is 2.13. The number of hydrogen-bond donors (Lipinski definition) is 2. The molecule has 0 saturated heterocycles. The highest BCUT2D eigenvalue weighted by molar-refractivity contribution is 7.83. The van der Waals surface area contributed by atoms with Crippen molar-refractivity contribution in [2.24, 2.45) is 0 Å². The largest absolute Gasteiger partial charge is 0.382 e. The zero-order chi connectivity index (χ0) is 18.4. The van der Waals surface area contributed by atoms with Crippen LogP contribution in [0.4, 0.5) is 11.4 Å². The number of anilines is 2. The minimum Gasteiger partial charge on any atom is -0.382 e. The van der Waals surface area contributed by atoms with Gasteiger partial charge in [0.15, 0.2) is 0 Å². The predicted molar refractivity (Wildman–Crippen MR) is 109 cm³/mol. The summed E-state index contributed by atoms with van der Waals surface area (Å²) < 4.78 is 11.4. The minimum atomic E-state index is -0.921. The van der Waals surface area contributed by atoms with Crippen LogP contribution in [0.25, 0.3) is 0 Å². The van der Waals surface area contributed by atoms with Gasteiger partial charge in [0, 0.05) is 45.8 Å². The average molecular weight is 371 g/mol. The Bertz CT molecular complexity index is 768. The Hall–Kier alpha value is -2.14. The molecule has 1 aliphatic rings. The van der Waals surface area contributed by atoms with Crippen molar-refractivity contribution in [3.63, 3.8) is 0 Å². The zero-order valence-electron chi connectivity index (χ0n) is 15.2. The summed E-state index contributed by atoms with van der Waals surface area (Å²) in [6, 6.07) is 15.7. The second kappa shape index (κ2) is 8.99. The molecule has 2 N–H and O–H groups in total. The van der Waals surface area contributed by atoms with Crippen LogP contribution in [-0.4, -0.2) is 22.4 Å². The van der Waals surface area contributed by atoms with Crippen LogP contribution in [0, 0.1) is 0 Å². The third-order valence-electron chi connectivity index (χ3n) is 4.68. The minimum absolute atomic E-state index is 0.151. The molecule has 1 saturated carbocycles. The summed E-state index contributed by atoms with van der Waals surface area (Å²) in [5.41, 5.74) is 3.36. The number of rotatable bonds is 6. The molecule has 1 fully saturated rings. The van der Waals surface area contributed by atoms with Crippen molar-refractivity contribution in [3.8, 4) is 0 Å². The lowest BCUT2D eigenvalue weighted by atomic mass is 9.95. The van der Waals surface area contributed by atoms with E-state index in [-0.39, 0.29) is 5.91 Å². The Balaban J connectivity index is 1.59. The first kappa shape index (κ1) is 18.6. The van der Waals surface area contributed by atoms with Gasteiger partial charge in [-0.3, -0.25) is 9.00 Å². The lowest BCUT2D eigenvalue weighted by molar-refractivity contribution is 0.102. The molecule has 0 aromatic heterocycles. The van der Waals surface area contributed by atoms with Crippen LogP contribution in [0.1, 0.15) is 48.0 Å². The van der Waals surface area contributed by atoms with Crippen LogP contribution < -0.4 is 10.6 Å². The predicted octanol–water partition coefficient (Wildman–Crippen LogP) is 4.56. The first-order chi connectivity index (χ1) is 12.6. The van der Waals surface area contributed by atoms with Crippen LogP contribution >= 0.6 is 0 Å². The number of nitrogens with one attached hydrogen (secondary N) is 2. The maximum atomic E-state index is 12.5. The summed E-state index contributed by atoms with van der Waals surface area (Å²) >= 11 is 0. The van der Waals surface area contributed by atoms with Crippen LogP contribution in [-0.2, 0) is 16.6 Å². The molecule has 26 heavy (non-hydrogen) atoms. The van der Waals surface area contributed by atoms with Crippen molar-refractivity contribution >= 4 is 28.1 Å². The fraction of sp³-hybridized carbons (Fsp3) is 0.381. The molecule has 1 atom stereocenters. The maximum absolute atomic E-state index is 12.5. The number of benzene rings is 2. The van der Waals surface area contributed by atoms with E-state index in [1.54, 1.807) is 18.4 Å². The highest BCUT2D eigenvalue weighted by Crippen LogP contribution is 2.22. The first-order valence-electron chi connectivity index (χ1n) is 9.17. The fourth-order valence-corrected chi connectivity index (χ4v) is 4.02. The number of amides is 1. The van der Waals surface area contributed by atoms with Gasteiger partial charge in [0.05, 0.1) is 0 Å². The Kier molecular flexibility index (Phi) is 6.45. The van der Waals surface area contributed by atoms with E-state index in [0.717, 1.165) is 16.9 Å². The molecule has 0 bridgehead atoms. The smallest absolute Gasteiger partial charge is 0.255 e. The van der Waals surface area contributed by atoms with E-state index in [1.165, 1.54) is 32.1 Å². The molecule has 1 unspecified atom stereocenters. The molecule has 1 amide bonds. The molecule has 1 aliphatic carbocycles. The van der Waals surface area contributed by atoms with Crippen molar-refractivity contribution in [3.05, 3.63) is 59.7 Å². The van der Waals surface area contributed by atoms with Gasteiger partial charge < -0.3 is 10.6 Å². The molecule has 0 heterocycles. The second-order valence-corrected chi connectivity index (χ2v) is 8.36. The fourth-order valence-electron chi connectivity index (χ4n) is 3.37. The lowest BCUT2D eigenvalue weighted by Crippen LogP contribution is -2.22. The Morgan fingerprint density at radius 3 is 2.42 bits per heavy atom. The molecular formula is C21H26N2O2S. The Morgan fingerprint density at radius 2 is 1.73 bits per heavy atom. The summed E-state index contributed by atoms with van der Waals surface area (Å²) in [7, 11) is -0.921. The normalized spacial score (nSPS) is 16.0. The second-order valence-electron chi connectivity index (χ2n) is 6.93. The third kappa shape index (κ3) is 5.43. The SMILES string of the molecule is CS(=O)Cc1cccc(C(=O)Nc2ccc(NC3CCCCC3)cc2)c1. The summed E-state index contributed by atoms with van der Waals surface area (Å²) in [6.07, 6.45) is 8.08. The standard InChI is InChI=1S/C21H26N2O2S/c1-26(25)15-16-6-5-7-17(14-16)21(24)23-20-12-10-19(11-13-20)22-18-8-3-2-4-9-18/h5-7,10-14,18,22H,2-4,8-9,15H2,1H3,(H,23,24). The van der Waals surface area contributed by atoms with Crippen LogP contribution in [0.3, 0.4) is 0 Å². The van der Waals surface area contributed by atoms with Gasteiger partial charge in [-0.15, -0.1) is 0 Å². The zero-order valence-corrected chi connectivity index (χ0v) is 16.0. The van der Waals surface area contributed by atoms with Gasteiger partial charge >= 0.3 is 0 Å². The van der Waals surface area contributed by atoms with E-state index >= 15 is 0 Å². The number of carbonyl (C=O) groups is 1. The van der Waals surface area contributed by atoms with Crippen molar-refractivity contribution in [2.45, 2.75) is 43.9 Å².